The molecule has 5 heteroatoms. The van der Waals surface area contributed by atoms with Gasteiger partial charge in [-0.1, -0.05) is 84.0 Å². The minimum atomic E-state index is 0.389. The van der Waals surface area contributed by atoms with Crippen molar-refractivity contribution >= 4 is 40.4 Å². The summed E-state index contributed by atoms with van der Waals surface area (Å²) in [6.07, 6.45) is 0.910. The third kappa shape index (κ3) is 5.70. The standard InChI is InChI=1S/C22H19Cl2NOS/c23-19-11-10-17(14-20(19)24)15-26-21-9-5-4-8-18(21)22(27)25-13-12-16-6-2-1-3-7-16/h1-11,14H,12-13,15H2,(H,25,27). The largest absolute Gasteiger partial charge is 0.488 e. The number of ether oxygens (including phenoxy) is 1. The summed E-state index contributed by atoms with van der Waals surface area (Å²) in [4.78, 5) is 0.677. The molecule has 1 N–H and O–H groups in total. The van der Waals surface area contributed by atoms with Gasteiger partial charge in [0, 0.05) is 6.54 Å². The quantitative estimate of drug-likeness (QED) is 0.472. The Morgan fingerprint density at radius 3 is 2.37 bits per heavy atom. The summed E-state index contributed by atoms with van der Waals surface area (Å²) in [5.41, 5.74) is 3.10. The summed E-state index contributed by atoms with van der Waals surface area (Å²) in [6.45, 7) is 1.16. The molecular weight excluding hydrogens is 397 g/mol. The number of thiocarbonyl (C=S) groups is 1. The van der Waals surface area contributed by atoms with Gasteiger partial charge in [-0.25, -0.2) is 0 Å². The lowest BCUT2D eigenvalue weighted by Gasteiger charge is -2.14. The van der Waals surface area contributed by atoms with Gasteiger partial charge in [-0.3, -0.25) is 0 Å². The molecule has 27 heavy (non-hydrogen) atoms. The topological polar surface area (TPSA) is 21.3 Å². The monoisotopic (exact) mass is 415 g/mol. The second kappa shape index (κ2) is 9.75. The number of benzene rings is 3. The first-order valence-corrected chi connectivity index (χ1v) is 9.78. The molecule has 0 saturated heterocycles. The predicted octanol–water partition coefficient (Wildman–Crippen LogP) is 6.08. The molecule has 0 aliphatic heterocycles. The van der Waals surface area contributed by atoms with Crippen LogP contribution in [0.15, 0.2) is 72.8 Å². The molecule has 3 rings (SSSR count). The van der Waals surface area contributed by atoms with Gasteiger partial charge in [0.2, 0.25) is 0 Å². The van der Waals surface area contributed by atoms with Gasteiger partial charge in [0.25, 0.3) is 0 Å². The number of rotatable bonds is 7. The van der Waals surface area contributed by atoms with E-state index in [1.807, 2.05) is 54.6 Å². The van der Waals surface area contributed by atoms with Gasteiger partial charge in [-0.15, -0.1) is 0 Å². The fourth-order valence-electron chi connectivity index (χ4n) is 2.63. The van der Waals surface area contributed by atoms with Crippen LogP contribution in [0.5, 0.6) is 5.75 Å². The summed E-state index contributed by atoms with van der Waals surface area (Å²) < 4.78 is 5.97. The molecule has 0 heterocycles. The molecule has 0 spiro atoms. The van der Waals surface area contributed by atoms with Crippen LogP contribution < -0.4 is 10.1 Å². The Kier molecular flexibility index (Phi) is 7.11. The minimum Gasteiger partial charge on any atom is -0.488 e. The summed E-state index contributed by atoms with van der Waals surface area (Å²) in [7, 11) is 0. The van der Waals surface area contributed by atoms with Crippen molar-refractivity contribution in [2.24, 2.45) is 0 Å². The van der Waals surface area contributed by atoms with E-state index in [1.165, 1.54) is 5.56 Å². The predicted molar refractivity (Wildman–Crippen MR) is 117 cm³/mol. The Bertz CT molecular complexity index is 915. The van der Waals surface area contributed by atoms with E-state index in [4.69, 9.17) is 40.2 Å². The normalized spacial score (nSPS) is 10.4. The molecular formula is C22H19Cl2NOS. The highest BCUT2D eigenvalue weighted by atomic mass is 35.5. The lowest BCUT2D eigenvalue weighted by Crippen LogP contribution is -2.25. The molecule has 0 aliphatic rings. The zero-order valence-electron chi connectivity index (χ0n) is 14.6. The fraction of sp³-hybridized carbons (Fsp3) is 0.136. The zero-order chi connectivity index (χ0) is 19.1. The van der Waals surface area contributed by atoms with Crippen molar-refractivity contribution in [3.05, 3.63) is 99.5 Å². The van der Waals surface area contributed by atoms with Crippen molar-refractivity contribution in [1.82, 2.24) is 5.32 Å². The van der Waals surface area contributed by atoms with Crippen LogP contribution >= 0.6 is 35.4 Å². The Morgan fingerprint density at radius 1 is 0.852 bits per heavy atom. The first-order valence-electron chi connectivity index (χ1n) is 8.61. The number of hydrogen-bond donors (Lipinski definition) is 1. The van der Waals surface area contributed by atoms with E-state index in [-0.39, 0.29) is 0 Å². The SMILES string of the molecule is S=C(NCCc1ccccc1)c1ccccc1OCc1ccc(Cl)c(Cl)c1. The van der Waals surface area contributed by atoms with E-state index in [9.17, 15) is 0 Å². The van der Waals surface area contributed by atoms with E-state index >= 15 is 0 Å². The molecule has 2 nitrogen and oxygen atoms in total. The summed E-state index contributed by atoms with van der Waals surface area (Å²) in [5.74, 6) is 0.737. The first-order chi connectivity index (χ1) is 13.1. The van der Waals surface area contributed by atoms with Crippen molar-refractivity contribution in [1.29, 1.82) is 0 Å². The highest BCUT2D eigenvalue weighted by Gasteiger charge is 2.09. The third-order valence-electron chi connectivity index (χ3n) is 4.05. The highest BCUT2D eigenvalue weighted by Crippen LogP contribution is 2.24. The first kappa shape index (κ1) is 19.7. The molecule has 0 amide bonds. The van der Waals surface area contributed by atoms with Crippen molar-refractivity contribution in [2.45, 2.75) is 13.0 Å². The van der Waals surface area contributed by atoms with Gasteiger partial charge in [-0.05, 0) is 41.8 Å². The second-order valence-corrected chi connectivity index (χ2v) is 7.25. The van der Waals surface area contributed by atoms with Gasteiger partial charge in [-0.2, -0.15) is 0 Å². The van der Waals surface area contributed by atoms with E-state index in [1.54, 1.807) is 6.07 Å². The molecule has 0 aliphatic carbocycles. The molecule has 0 radical (unpaired) electrons. The van der Waals surface area contributed by atoms with Crippen LogP contribution in [0, 0.1) is 0 Å². The van der Waals surface area contributed by atoms with Gasteiger partial charge < -0.3 is 10.1 Å². The maximum atomic E-state index is 6.07. The molecule has 3 aromatic rings. The van der Waals surface area contributed by atoms with Gasteiger partial charge >= 0.3 is 0 Å². The Labute approximate surface area is 175 Å². The lowest BCUT2D eigenvalue weighted by molar-refractivity contribution is 0.305. The zero-order valence-corrected chi connectivity index (χ0v) is 17.0. The van der Waals surface area contributed by atoms with Gasteiger partial charge in [0.1, 0.15) is 17.3 Å². The van der Waals surface area contributed by atoms with Gasteiger partial charge in [0.05, 0.1) is 15.6 Å². The summed E-state index contributed by atoms with van der Waals surface area (Å²) in [6, 6.07) is 23.5. The smallest absolute Gasteiger partial charge is 0.129 e. The van der Waals surface area contributed by atoms with Crippen LogP contribution in [0.1, 0.15) is 16.7 Å². The van der Waals surface area contributed by atoms with E-state index in [0.717, 1.165) is 29.8 Å². The summed E-state index contributed by atoms with van der Waals surface area (Å²) in [5, 5.41) is 4.37. The summed E-state index contributed by atoms with van der Waals surface area (Å²) >= 11 is 17.6. The highest BCUT2D eigenvalue weighted by molar-refractivity contribution is 7.80. The minimum absolute atomic E-state index is 0.389. The lowest BCUT2D eigenvalue weighted by atomic mass is 10.1. The van der Waals surface area contributed by atoms with Crippen molar-refractivity contribution < 1.29 is 4.74 Å². The third-order valence-corrected chi connectivity index (χ3v) is 5.16. The van der Waals surface area contributed by atoms with Crippen molar-refractivity contribution in [3.8, 4) is 5.75 Å². The Balaban J connectivity index is 1.60. The average molecular weight is 416 g/mol. The average Bonchev–Trinajstić information content (AvgIpc) is 2.70. The number of nitrogens with one attached hydrogen (secondary N) is 1. The maximum absolute atomic E-state index is 6.07. The number of para-hydroxylation sites is 1. The van der Waals surface area contributed by atoms with Crippen LogP contribution in [-0.2, 0) is 13.0 Å². The fourth-order valence-corrected chi connectivity index (χ4v) is 3.22. The van der Waals surface area contributed by atoms with Crippen LogP contribution in [0.3, 0.4) is 0 Å². The molecule has 0 saturated carbocycles. The molecule has 0 atom stereocenters. The molecule has 138 valence electrons. The van der Waals surface area contributed by atoms with Crippen LogP contribution in [-0.4, -0.2) is 11.5 Å². The molecule has 0 bridgehead atoms. The Hall–Kier alpha value is -2.07. The number of hydrogen-bond acceptors (Lipinski definition) is 2. The molecule has 3 aromatic carbocycles. The van der Waals surface area contributed by atoms with Crippen molar-refractivity contribution in [3.63, 3.8) is 0 Å². The van der Waals surface area contributed by atoms with E-state index in [0.29, 0.717) is 21.6 Å². The van der Waals surface area contributed by atoms with Crippen LogP contribution in [0.25, 0.3) is 0 Å². The van der Waals surface area contributed by atoms with Crippen LogP contribution in [0.4, 0.5) is 0 Å². The number of halogens is 2. The van der Waals surface area contributed by atoms with Crippen LogP contribution in [0.2, 0.25) is 10.0 Å². The second-order valence-electron chi connectivity index (χ2n) is 6.02. The molecule has 0 unspecified atom stereocenters. The van der Waals surface area contributed by atoms with Gasteiger partial charge in [0.15, 0.2) is 0 Å². The molecule has 0 aromatic heterocycles. The molecule has 0 fully saturated rings. The maximum Gasteiger partial charge on any atom is 0.129 e. The Morgan fingerprint density at radius 2 is 1.59 bits per heavy atom. The van der Waals surface area contributed by atoms with E-state index < -0.39 is 0 Å². The van der Waals surface area contributed by atoms with Crippen molar-refractivity contribution in [2.75, 3.05) is 6.54 Å². The van der Waals surface area contributed by atoms with E-state index in [2.05, 4.69) is 17.4 Å².